The first-order chi connectivity index (χ1) is 10.1. The van der Waals surface area contributed by atoms with E-state index in [0.29, 0.717) is 12.3 Å². The van der Waals surface area contributed by atoms with Gasteiger partial charge in [-0.15, -0.1) is 0 Å². The molecule has 1 amide bonds. The summed E-state index contributed by atoms with van der Waals surface area (Å²) in [5.41, 5.74) is 8.29. The van der Waals surface area contributed by atoms with Crippen molar-refractivity contribution < 1.29 is 4.79 Å². The molecule has 2 aromatic rings. The number of nitrogens with one attached hydrogen (secondary N) is 1. The lowest BCUT2D eigenvalue weighted by molar-refractivity contribution is -0.130. The number of amides is 1. The number of carbonyl (C=O) groups is 1. The van der Waals surface area contributed by atoms with Gasteiger partial charge in [-0.25, -0.2) is 0 Å². The van der Waals surface area contributed by atoms with Gasteiger partial charge in [0.15, 0.2) is 0 Å². The van der Waals surface area contributed by atoms with Crippen LogP contribution in [-0.2, 0) is 11.2 Å². The summed E-state index contributed by atoms with van der Waals surface area (Å²) >= 11 is 0. The van der Waals surface area contributed by atoms with Gasteiger partial charge in [0, 0.05) is 42.7 Å². The van der Waals surface area contributed by atoms with Gasteiger partial charge in [-0.3, -0.25) is 4.79 Å². The Kier molecular flexibility index (Phi) is 3.97. The standard InChI is InChI=1S/C17H23N3O/c1-12(18)14-8-9-20(11-14)17(21)7-6-13-10-19-16-5-3-2-4-15(13)16/h2-5,10,12,14,19H,6-9,11,18H2,1H3. The lowest BCUT2D eigenvalue weighted by Gasteiger charge is -2.18. The van der Waals surface area contributed by atoms with Crippen LogP contribution in [0.2, 0.25) is 0 Å². The van der Waals surface area contributed by atoms with Crippen LogP contribution < -0.4 is 5.73 Å². The van der Waals surface area contributed by atoms with Gasteiger partial charge in [0.2, 0.25) is 5.91 Å². The minimum Gasteiger partial charge on any atom is -0.361 e. The van der Waals surface area contributed by atoms with Crippen molar-refractivity contribution in [1.29, 1.82) is 0 Å². The summed E-state index contributed by atoms with van der Waals surface area (Å²) in [5.74, 6) is 0.713. The highest BCUT2D eigenvalue weighted by atomic mass is 16.2. The minimum atomic E-state index is 0.177. The van der Waals surface area contributed by atoms with Crippen LogP contribution in [0.4, 0.5) is 0 Å². The fourth-order valence-corrected chi connectivity index (χ4v) is 3.18. The van der Waals surface area contributed by atoms with Gasteiger partial charge in [0.05, 0.1) is 0 Å². The van der Waals surface area contributed by atoms with Crippen molar-refractivity contribution in [2.24, 2.45) is 11.7 Å². The molecular formula is C17H23N3O. The zero-order chi connectivity index (χ0) is 14.8. The number of nitrogens with two attached hydrogens (primary N) is 1. The maximum atomic E-state index is 12.3. The molecule has 1 aromatic carbocycles. The second-order valence-electron chi connectivity index (χ2n) is 6.11. The quantitative estimate of drug-likeness (QED) is 0.905. The number of rotatable bonds is 4. The summed E-state index contributed by atoms with van der Waals surface area (Å²) in [6, 6.07) is 8.40. The molecule has 2 atom stereocenters. The fourth-order valence-electron chi connectivity index (χ4n) is 3.18. The molecule has 1 aliphatic heterocycles. The molecule has 2 unspecified atom stereocenters. The number of likely N-dealkylation sites (tertiary alicyclic amines) is 1. The third kappa shape index (κ3) is 2.95. The molecule has 0 radical (unpaired) electrons. The predicted octanol–water partition coefficient (Wildman–Crippen LogP) is 2.30. The van der Waals surface area contributed by atoms with Crippen molar-refractivity contribution in [3.05, 3.63) is 36.0 Å². The SMILES string of the molecule is CC(N)C1CCN(C(=O)CCc2c[nH]c3ccccc23)C1. The Hall–Kier alpha value is -1.81. The molecule has 4 nitrogen and oxygen atoms in total. The summed E-state index contributed by atoms with van der Waals surface area (Å²) in [7, 11) is 0. The Morgan fingerprint density at radius 3 is 3.05 bits per heavy atom. The normalized spacial score (nSPS) is 20.1. The number of nitrogens with zero attached hydrogens (tertiary/aromatic N) is 1. The van der Waals surface area contributed by atoms with E-state index in [2.05, 4.69) is 17.1 Å². The fraction of sp³-hybridized carbons (Fsp3) is 0.471. The van der Waals surface area contributed by atoms with Crippen LogP contribution in [0.3, 0.4) is 0 Å². The van der Waals surface area contributed by atoms with E-state index in [1.165, 1.54) is 10.9 Å². The zero-order valence-corrected chi connectivity index (χ0v) is 12.5. The second kappa shape index (κ2) is 5.90. The highest BCUT2D eigenvalue weighted by Gasteiger charge is 2.28. The number of aryl methyl sites for hydroxylation is 1. The smallest absolute Gasteiger partial charge is 0.222 e. The number of aromatic amines is 1. The topological polar surface area (TPSA) is 62.1 Å². The van der Waals surface area contributed by atoms with E-state index in [9.17, 15) is 4.79 Å². The van der Waals surface area contributed by atoms with E-state index >= 15 is 0 Å². The minimum absolute atomic E-state index is 0.177. The van der Waals surface area contributed by atoms with Crippen LogP contribution in [0.15, 0.2) is 30.5 Å². The Labute approximate surface area is 125 Å². The number of benzene rings is 1. The molecule has 0 spiro atoms. The molecule has 1 fully saturated rings. The van der Waals surface area contributed by atoms with Crippen LogP contribution in [0.5, 0.6) is 0 Å². The Morgan fingerprint density at radius 1 is 1.48 bits per heavy atom. The molecule has 0 aliphatic carbocycles. The maximum absolute atomic E-state index is 12.3. The lowest BCUT2D eigenvalue weighted by Crippen LogP contribution is -2.33. The van der Waals surface area contributed by atoms with Crippen molar-refractivity contribution in [2.45, 2.75) is 32.2 Å². The van der Waals surface area contributed by atoms with Gasteiger partial charge < -0.3 is 15.6 Å². The Morgan fingerprint density at radius 2 is 2.29 bits per heavy atom. The van der Waals surface area contributed by atoms with Gasteiger partial charge >= 0.3 is 0 Å². The van der Waals surface area contributed by atoms with Gasteiger partial charge in [0.1, 0.15) is 0 Å². The number of aromatic nitrogens is 1. The molecule has 3 N–H and O–H groups in total. The number of fused-ring (bicyclic) bond motifs is 1. The van der Waals surface area contributed by atoms with E-state index in [4.69, 9.17) is 5.73 Å². The van der Waals surface area contributed by atoms with Gasteiger partial charge in [0.25, 0.3) is 0 Å². The monoisotopic (exact) mass is 285 g/mol. The van der Waals surface area contributed by atoms with E-state index in [1.54, 1.807) is 0 Å². The summed E-state index contributed by atoms with van der Waals surface area (Å²) in [6.45, 7) is 3.72. The molecular weight excluding hydrogens is 262 g/mol. The van der Waals surface area contributed by atoms with Gasteiger partial charge in [-0.1, -0.05) is 18.2 Å². The molecule has 4 heteroatoms. The maximum Gasteiger partial charge on any atom is 0.222 e. The van der Waals surface area contributed by atoms with E-state index in [1.807, 2.05) is 30.2 Å². The molecule has 112 valence electrons. The lowest BCUT2D eigenvalue weighted by atomic mass is 10.0. The summed E-state index contributed by atoms with van der Waals surface area (Å²) < 4.78 is 0. The molecule has 3 rings (SSSR count). The van der Waals surface area contributed by atoms with Crippen molar-refractivity contribution in [1.82, 2.24) is 9.88 Å². The van der Waals surface area contributed by atoms with Gasteiger partial charge in [-0.2, -0.15) is 0 Å². The average Bonchev–Trinajstić information content (AvgIpc) is 3.12. The third-order valence-electron chi connectivity index (χ3n) is 4.60. The van der Waals surface area contributed by atoms with E-state index < -0.39 is 0 Å². The summed E-state index contributed by atoms with van der Waals surface area (Å²) in [6.07, 6.45) is 4.43. The number of carbonyl (C=O) groups excluding carboxylic acids is 1. The summed E-state index contributed by atoms with van der Waals surface area (Å²) in [5, 5.41) is 1.22. The molecule has 2 heterocycles. The Balaban J connectivity index is 1.59. The van der Waals surface area contributed by atoms with Crippen molar-refractivity contribution in [3.8, 4) is 0 Å². The molecule has 0 saturated carbocycles. The second-order valence-corrected chi connectivity index (χ2v) is 6.11. The van der Waals surface area contributed by atoms with Gasteiger partial charge in [-0.05, 0) is 37.3 Å². The van der Waals surface area contributed by atoms with Crippen LogP contribution in [0, 0.1) is 5.92 Å². The molecule has 1 saturated heterocycles. The average molecular weight is 285 g/mol. The van der Waals surface area contributed by atoms with E-state index in [-0.39, 0.29) is 11.9 Å². The first kappa shape index (κ1) is 14.1. The molecule has 0 bridgehead atoms. The predicted molar refractivity (Wildman–Crippen MR) is 85.0 cm³/mol. The number of para-hydroxylation sites is 1. The first-order valence-electron chi connectivity index (χ1n) is 7.73. The first-order valence-corrected chi connectivity index (χ1v) is 7.73. The number of hydrogen-bond acceptors (Lipinski definition) is 2. The molecule has 1 aliphatic rings. The highest BCUT2D eigenvalue weighted by Crippen LogP contribution is 2.22. The van der Waals surface area contributed by atoms with Crippen LogP contribution in [-0.4, -0.2) is 34.9 Å². The molecule has 21 heavy (non-hydrogen) atoms. The Bertz CT molecular complexity index is 632. The third-order valence-corrected chi connectivity index (χ3v) is 4.60. The van der Waals surface area contributed by atoms with Crippen molar-refractivity contribution in [3.63, 3.8) is 0 Å². The van der Waals surface area contributed by atoms with E-state index in [0.717, 1.165) is 31.4 Å². The summed E-state index contributed by atoms with van der Waals surface area (Å²) in [4.78, 5) is 17.6. The number of H-pyrrole nitrogens is 1. The van der Waals surface area contributed by atoms with Crippen LogP contribution in [0.1, 0.15) is 25.3 Å². The zero-order valence-electron chi connectivity index (χ0n) is 12.5. The van der Waals surface area contributed by atoms with Crippen molar-refractivity contribution >= 4 is 16.8 Å². The number of hydrogen-bond donors (Lipinski definition) is 2. The van der Waals surface area contributed by atoms with Crippen LogP contribution in [0.25, 0.3) is 10.9 Å². The largest absolute Gasteiger partial charge is 0.361 e. The molecule has 1 aromatic heterocycles. The van der Waals surface area contributed by atoms with Crippen LogP contribution >= 0.6 is 0 Å². The van der Waals surface area contributed by atoms with Crippen molar-refractivity contribution in [2.75, 3.05) is 13.1 Å². The highest BCUT2D eigenvalue weighted by molar-refractivity contribution is 5.84.